The summed E-state index contributed by atoms with van der Waals surface area (Å²) in [6, 6.07) is 31.6. The average molecular weight is 513 g/mol. The van der Waals surface area contributed by atoms with Gasteiger partial charge in [0.05, 0.1) is 22.1 Å². The van der Waals surface area contributed by atoms with E-state index in [0.29, 0.717) is 22.1 Å². The van der Waals surface area contributed by atoms with Crippen molar-refractivity contribution in [2.75, 3.05) is 0 Å². The topological polar surface area (TPSA) is 68.7 Å². The molecular weight excluding hydrogens is 496 g/mol. The normalized spacial score (nSPS) is 12.7. The van der Waals surface area contributed by atoms with E-state index in [9.17, 15) is 9.59 Å². The lowest BCUT2D eigenvalue weighted by molar-refractivity contribution is 1.14. The van der Waals surface area contributed by atoms with Crippen molar-refractivity contribution in [1.82, 2.24) is 18.8 Å². The summed E-state index contributed by atoms with van der Waals surface area (Å²) >= 11 is 0. The molecule has 40 heavy (non-hydrogen) atoms. The van der Waals surface area contributed by atoms with Crippen LogP contribution < -0.4 is 11.1 Å². The Morgan fingerprint density at radius 1 is 0.425 bits per heavy atom. The summed E-state index contributed by atoms with van der Waals surface area (Å²) in [6.07, 6.45) is 0. The van der Waals surface area contributed by atoms with Gasteiger partial charge in [-0.05, 0) is 59.3 Å². The maximum Gasteiger partial charge on any atom is 0.264 e. The lowest BCUT2D eigenvalue weighted by atomic mass is 9.95. The van der Waals surface area contributed by atoms with Gasteiger partial charge < -0.3 is 0 Å². The molecule has 6 heteroatoms. The molecule has 0 amide bonds. The van der Waals surface area contributed by atoms with Crippen LogP contribution in [0.1, 0.15) is 0 Å². The molecule has 0 aliphatic heterocycles. The Hall–Kier alpha value is -5.62. The van der Waals surface area contributed by atoms with E-state index in [-0.39, 0.29) is 11.1 Å². The van der Waals surface area contributed by atoms with Crippen LogP contribution in [-0.4, -0.2) is 18.8 Å². The summed E-state index contributed by atoms with van der Waals surface area (Å²) in [5.41, 5.74) is 4.20. The monoisotopic (exact) mass is 512 g/mol. The number of fused-ring (bicyclic) bond motifs is 6. The molecule has 10 rings (SSSR count). The molecule has 0 saturated heterocycles. The van der Waals surface area contributed by atoms with Crippen molar-refractivity contribution in [3.63, 3.8) is 0 Å². The summed E-state index contributed by atoms with van der Waals surface area (Å²) < 4.78 is 3.45. The highest BCUT2D eigenvalue weighted by Gasteiger charge is 2.22. The number of hydrogen-bond donors (Lipinski definition) is 0. The highest BCUT2D eigenvalue weighted by atomic mass is 16.1. The minimum atomic E-state index is -0.146. The number of aromatic nitrogens is 4. The van der Waals surface area contributed by atoms with E-state index in [1.807, 2.05) is 97.1 Å². The van der Waals surface area contributed by atoms with Crippen LogP contribution in [0.5, 0.6) is 0 Å². The zero-order valence-corrected chi connectivity index (χ0v) is 20.8. The maximum absolute atomic E-state index is 14.2. The van der Waals surface area contributed by atoms with Crippen molar-refractivity contribution in [1.29, 1.82) is 0 Å². The van der Waals surface area contributed by atoms with E-state index in [2.05, 4.69) is 0 Å². The first-order valence-corrected chi connectivity index (χ1v) is 13.2. The maximum atomic E-state index is 14.2. The predicted octanol–water partition coefficient (Wildman–Crippen LogP) is 6.65. The van der Waals surface area contributed by atoms with Crippen molar-refractivity contribution in [2.45, 2.75) is 0 Å². The molecule has 184 valence electrons. The molecule has 4 aromatic heterocycles. The number of benzene rings is 6. The number of rotatable bonds is 0. The highest BCUT2D eigenvalue weighted by Crippen LogP contribution is 2.37. The first-order valence-electron chi connectivity index (χ1n) is 13.2. The second kappa shape index (κ2) is 6.68. The number of pyridine rings is 2. The fourth-order valence-corrected chi connectivity index (χ4v) is 6.96. The molecule has 0 spiro atoms. The molecule has 0 atom stereocenters. The zero-order chi connectivity index (χ0) is 26.3. The standard InChI is InChI=1S/C34H16N4O2/c39-33-21-16-14-20-30-22(34(40)38-26-12-4-8-18-6-2-10-24(28(18)26)36-32(20)38)15-13-19(29(21)30)31-35-23-9-1-5-17-7-3-11-25(27(17)23)37(31)33/h1-16H. The van der Waals surface area contributed by atoms with Gasteiger partial charge in [0.15, 0.2) is 0 Å². The van der Waals surface area contributed by atoms with Crippen molar-refractivity contribution < 1.29 is 0 Å². The third kappa shape index (κ3) is 2.20. The lowest BCUT2D eigenvalue weighted by Gasteiger charge is -2.17. The van der Waals surface area contributed by atoms with Crippen LogP contribution in [0.2, 0.25) is 0 Å². The van der Waals surface area contributed by atoms with Crippen molar-refractivity contribution >= 4 is 87.2 Å². The summed E-state index contributed by atoms with van der Waals surface area (Å²) in [5.74, 6) is 0. The molecule has 0 fully saturated rings. The van der Waals surface area contributed by atoms with E-state index in [1.54, 1.807) is 8.80 Å². The summed E-state index contributed by atoms with van der Waals surface area (Å²) in [7, 11) is 0. The Morgan fingerprint density at radius 3 is 1.27 bits per heavy atom. The van der Waals surface area contributed by atoms with E-state index in [4.69, 9.17) is 9.97 Å². The number of nitrogens with zero attached hydrogens (tertiary/aromatic N) is 4. The van der Waals surface area contributed by atoms with Gasteiger partial charge in [0, 0.05) is 43.1 Å². The number of hydrogen-bond acceptors (Lipinski definition) is 4. The Bertz CT molecular complexity index is 2660. The van der Waals surface area contributed by atoms with Crippen LogP contribution in [0.4, 0.5) is 0 Å². The third-order valence-electron chi connectivity index (χ3n) is 8.59. The molecule has 0 aliphatic rings. The fraction of sp³-hybridized carbons (Fsp3) is 0. The molecule has 4 heterocycles. The van der Waals surface area contributed by atoms with Crippen LogP contribution >= 0.6 is 0 Å². The van der Waals surface area contributed by atoms with Gasteiger partial charge in [0.1, 0.15) is 11.3 Å². The van der Waals surface area contributed by atoms with Gasteiger partial charge in [-0.1, -0.05) is 48.5 Å². The smallest absolute Gasteiger partial charge is 0.264 e. The van der Waals surface area contributed by atoms with Crippen LogP contribution in [0.15, 0.2) is 107 Å². The summed E-state index contributed by atoms with van der Waals surface area (Å²) in [6.45, 7) is 0. The van der Waals surface area contributed by atoms with Gasteiger partial charge in [-0.25, -0.2) is 9.97 Å². The first kappa shape index (κ1) is 20.4. The molecule has 0 N–H and O–H groups in total. The summed E-state index contributed by atoms with van der Waals surface area (Å²) in [5, 5.41) is 8.32. The van der Waals surface area contributed by atoms with Crippen LogP contribution in [0, 0.1) is 0 Å². The van der Waals surface area contributed by atoms with Crippen LogP contribution in [0.3, 0.4) is 0 Å². The predicted molar refractivity (Wildman–Crippen MR) is 161 cm³/mol. The minimum absolute atomic E-state index is 0.146. The molecule has 0 unspecified atom stereocenters. The first-order chi connectivity index (χ1) is 19.7. The molecular formula is C34H16N4O2. The molecule has 6 nitrogen and oxygen atoms in total. The quantitative estimate of drug-likeness (QED) is 0.169. The van der Waals surface area contributed by atoms with Gasteiger partial charge in [-0.2, -0.15) is 0 Å². The average Bonchev–Trinajstić information content (AvgIpc) is 2.99. The molecule has 0 bridgehead atoms. The van der Waals surface area contributed by atoms with Crippen LogP contribution in [0.25, 0.3) is 87.2 Å². The second-order valence-corrected chi connectivity index (χ2v) is 10.5. The van der Waals surface area contributed by atoms with Crippen molar-refractivity contribution in [3.05, 3.63) is 118 Å². The molecule has 6 aromatic carbocycles. The molecule has 10 aromatic rings. The Balaban J connectivity index is 1.51. The fourth-order valence-electron chi connectivity index (χ4n) is 6.96. The highest BCUT2D eigenvalue weighted by molar-refractivity contribution is 6.28. The SMILES string of the molecule is O=c1c2ccc3c4c(ccc(c24)c2nc4cccc5cccc(c54)n12)c(=O)n1c2cccc4cccc(nc31)c42. The van der Waals surface area contributed by atoms with E-state index >= 15 is 0 Å². The van der Waals surface area contributed by atoms with E-state index in [1.165, 1.54) is 0 Å². The molecule has 0 saturated carbocycles. The summed E-state index contributed by atoms with van der Waals surface area (Å²) in [4.78, 5) is 38.4. The Labute approximate surface area is 223 Å². The van der Waals surface area contributed by atoms with Crippen LogP contribution in [-0.2, 0) is 0 Å². The van der Waals surface area contributed by atoms with Gasteiger partial charge in [-0.15, -0.1) is 0 Å². The van der Waals surface area contributed by atoms with Crippen molar-refractivity contribution in [3.8, 4) is 0 Å². The zero-order valence-electron chi connectivity index (χ0n) is 20.8. The minimum Gasteiger partial charge on any atom is -0.268 e. The largest absolute Gasteiger partial charge is 0.268 e. The van der Waals surface area contributed by atoms with E-state index in [0.717, 1.165) is 65.2 Å². The van der Waals surface area contributed by atoms with Gasteiger partial charge in [-0.3, -0.25) is 18.4 Å². The van der Waals surface area contributed by atoms with E-state index < -0.39 is 0 Å². The Morgan fingerprint density at radius 2 is 0.825 bits per heavy atom. The van der Waals surface area contributed by atoms with Gasteiger partial charge >= 0.3 is 0 Å². The molecule has 0 aliphatic carbocycles. The van der Waals surface area contributed by atoms with Gasteiger partial charge in [0.25, 0.3) is 11.1 Å². The van der Waals surface area contributed by atoms with Gasteiger partial charge in [0.2, 0.25) is 0 Å². The van der Waals surface area contributed by atoms with Crippen molar-refractivity contribution in [2.24, 2.45) is 0 Å². The Kier molecular flexibility index (Phi) is 3.40. The second-order valence-electron chi connectivity index (χ2n) is 10.5. The lowest BCUT2D eigenvalue weighted by Crippen LogP contribution is -2.19. The molecule has 0 radical (unpaired) electrons. The third-order valence-corrected chi connectivity index (χ3v) is 8.59.